The van der Waals surface area contributed by atoms with Crippen molar-refractivity contribution in [2.24, 2.45) is 10.9 Å². The molecule has 1 saturated carbocycles. The standard InChI is InChI=1S/C18H33N5O3.HI/c1-22(2)16(24)12-20-18(19-9-11-26-3)21-15-8-10-23(13-15)17(25)14-6-4-5-7-14;/h14-15H,4-13H2,1-3H3,(H2,19,20,21);1H. The molecule has 2 rings (SSSR count). The van der Waals surface area contributed by atoms with Crippen LogP contribution < -0.4 is 10.6 Å². The summed E-state index contributed by atoms with van der Waals surface area (Å²) in [5.41, 5.74) is 0. The number of hydrogen-bond acceptors (Lipinski definition) is 4. The zero-order valence-corrected chi connectivity index (χ0v) is 19.0. The Kier molecular flexibility index (Phi) is 11.0. The number of carbonyl (C=O) groups is 2. The third-order valence-electron chi connectivity index (χ3n) is 5.02. The van der Waals surface area contributed by atoms with Gasteiger partial charge < -0.3 is 25.2 Å². The SMILES string of the molecule is COCCNC(=NCC(=O)N(C)C)NC1CCN(C(=O)C2CCCC2)C1.I. The molecule has 1 unspecified atom stereocenters. The third kappa shape index (κ3) is 7.81. The number of likely N-dealkylation sites (tertiary alicyclic amines) is 1. The van der Waals surface area contributed by atoms with Crippen molar-refractivity contribution in [3.05, 3.63) is 0 Å². The molecule has 2 aliphatic rings. The first-order valence-electron chi connectivity index (χ1n) is 9.54. The molecule has 2 N–H and O–H groups in total. The molecule has 0 aromatic rings. The van der Waals surface area contributed by atoms with Crippen LogP contribution in [0.15, 0.2) is 4.99 Å². The van der Waals surface area contributed by atoms with E-state index in [1.54, 1.807) is 21.2 Å². The van der Waals surface area contributed by atoms with Crippen LogP contribution in [0.1, 0.15) is 32.1 Å². The van der Waals surface area contributed by atoms with Crippen LogP contribution in [0.5, 0.6) is 0 Å². The minimum atomic E-state index is -0.0534. The fourth-order valence-electron chi connectivity index (χ4n) is 3.41. The Morgan fingerprint density at radius 1 is 1.22 bits per heavy atom. The molecule has 1 atom stereocenters. The number of aliphatic imine (C=N–C) groups is 1. The Morgan fingerprint density at radius 2 is 1.93 bits per heavy atom. The van der Waals surface area contributed by atoms with Crippen LogP contribution in [-0.4, -0.2) is 87.6 Å². The summed E-state index contributed by atoms with van der Waals surface area (Å²) in [4.78, 5) is 32.2. The normalized spacial score (nSPS) is 20.3. The van der Waals surface area contributed by atoms with E-state index in [1.807, 2.05) is 4.90 Å². The fourth-order valence-corrected chi connectivity index (χ4v) is 3.41. The molecule has 2 fully saturated rings. The molecule has 2 amide bonds. The molecule has 0 aromatic heterocycles. The van der Waals surface area contributed by atoms with Crippen molar-refractivity contribution < 1.29 is 14.3 Å². The van der Waals surface area contributed by atoms with Gasteiger partial charge in [-0.25, -0.2) is 4.99 Å². The lowest BCUT2D eigenvalue weighted by Gasteiger charge is -2.21. The van der Waals surface area contributed by atoms with Gasteiger partial charge in [-0.2, -0.15) is 0 Å². The highest BCUT2D eigenvalue weighted by Crippen LogP contribution is 2.27. The number of halogens is 1. The minimum absolute atomic E-state index is 0. The number of guanidine groups is 1. The van der Waals surface area contributed by atoms with Crippen molar-refractivity contribution in [1.29, 1.82) is 0 Å². The van der Waals surface area contributed by atoms with Crippen LogP contribution in [0.2, 0.25) is 0 Å². The largest absolute Gasteiger partial charge is 0.383 e. The number of rotatable bonds is 7. The second kappa shape index (κ2) is 12.4. The molecule has 9 heteroatoms. The first-order valence-corrected chi connectivity index (χ1v) is 9.54. The van der Waals surface area contributed by atoms with Gasteiger partial charge in [-0.1, -0.05) is 12.8 Å². The van der Waals surface area contributed by atoms with Gasteiger partial charge in [0.25, 0.3) is 0 Å². The number of nitrogens with one attached hydrogen (secondary N) is 2. The van der Waals surface area contributed by atoms with Crippen molar-refractivity contribution in [2.75, 3.05) is 54.0 Å². The van der Waals surface area contributed by atoms with Gasteiger partial charge in [0.05, 0.1) is 6.61 Å². The van der Waals surface area contributed by atoms with Gasteiger partial charge in [0.1, 0.15) is 6.54 Å². The number of ether oxygens (including phenoxy) is 1. The molecule has 0 aromatic carbocycles. The van der Waals surface area contributed by atoms with Gasteiger partial charge in [0.15, 0.2) is 5.96 Å². The molecular weight excluding hydrogens is 461 g/mol. The Hall–Kier alpha value is -1.10. The number of nitrogens with zero attached hydrogens (tertiary/aromatic N) is 3. The maximum atomic E-state index is 12.6. The molecule has 1 heterocycles. The molecular formula is C18H34IN5O3. The van der Waals surface area contributed by atoms with Crippen molar-refractivity contribution in [1.82, 2.24) is 20.4 Å². The van der Waals surface area contributed by atoms with Gasteiger partial charge >= 0.3 is 0 Å². The van der Waals surface area contributed by atoms with E-state index in [0.29, 0.717) is 31.6 Å². The number of likely N-dealkylation sites (N-methyl/N-ethyl adjacent to an activating group) is 1. The Labute approximate surface area is 179 Å². The zero-order valence-electron chi connectivity index (χ0n) is 16.7. The predicted molar refractivity (Wildman–Crippen MR) is 116 cm³/mol. The molecule has 0 radical (unpaired) electrons. The van der Waals surface area contributed by atoms with Gasteiger partial charge in [-0.3, -0.25) is 9.59 Å². The maximum absolute atomic E-state index is 12.6. The fraction of sp³-hybridized carbons (Fsp3) is 0.833. The summed E-state index contributed by atoms with van der Waals surface area (Å²) >= 11 is 0. The van der Waals surface area contributed by atoms with E-state index in [9.17, 15) is 9.59 Å². The number of amides is 2. The summed E-state index contributed by atoms with van der Waals surface area (Å²) in [7, 11) is 5.07. The molecule has 0 bridgehead atoms. The predicted octanol–water partition coefficient (Wildman–Crippen LogP) is 0.665. The average Bonchev–Trinajstić information content (AvgIpc) is 3.30. The van der Waals surface area contributed by atoms with E-state index >= 15 is 0 Å². The van der Waals surface area contributed by atoms with Crippen molar-refractivity contribution in [2.45, 2.75) is 38.1 Å². The van der Waals surface area contributed by atoms with E-state index in [1.165, 1.54) is 17.7 Å². The molecule has 156 valence electrons. The smallest absolute Gasteiger partial charge is 0.243 e. The second-order valence-electron chi connectivity index (χ2n) is 7.27. The van der Waals surface area contributed by atoms with Crippen LogP contribution in [0, 0.1) is 5.92 Å². The number of hydrogen-bond donors (Lipinski definition) is 2. The van der Waals surface area contributed by atoms with E-state index < -0.39 is 0 Å². The third-order valence-corrected chi connectivity index (χ3v) is 5.02. The Bertz CT molecular complexity index is 509. The van der Waals surface area contributed by atoms with Crippen LogP contribution in [0.4, 0.5) is 0 Å². The Balaban J connectivity index is 0.00000364. The zero-order chi connectivity index (χ0) is 18.9. The molecule has 27 heavy (non-hydrogen) atoms. The molecule has 1 aliphatic heterocycles. The second-order valence-corrected chi connectivity index (χ2v) is 7.27. The molecule has 0 spiro atoms. The average molecular weight is 495 g/mol. The highest BCUT2D eigenvalue weighted by atomic mass is 127. The lowest BCUT2D eigenvalue weighted by molar-refractivity contribution is -0.134. The highest BCUT2D eigenvalue weighted by Gasteiger charge is 2.32. The van der Waals surface area contributed by atoms with Crippen LogP contribution in [0.3, 0.4) is 0 Å². The van der Waals surface area contributed by atoms with E-state index in [0.717, 1.165) is 25.8 Å². The van der Waals surface area contributed by atoms with Crippen LogP contribution in [0.25, 0.3) is 0 Å². The van der Waals surface area contributed by atoms with Crippen molar-refractivity contribution in [3.63, 3.8) is 0 Å². The first-order chi connectivity index (χ1) is 12.5. The first kappa shape index (κ1) is 23.9. The number of carbonyl (C=O) groups excluding carboxylic acids is 2. The van der Waals surface area contributed by atoms with Crippen molar-refractivity contribution in [3.8, 4) is 0 Å². The summed E-state index contributed by atoms with van der Waals surface area (Å²) in [5, 5.41) is 6.54. The summed E-state index contributed by atoms with van der Waals surface area (Å²) in [5.74, 6) is 1.07. The lowest BCUT2D eigenvalue weighted by Crippen LogP contribution is -2.46. The summed E-state index contributed by atoms with van der Waals surface area (Å²) in [6.07, 6.45) is 5.31. The van der Waals surface area contributed by atoms with Crippen LogP contribution in [-0.2, 0) is 14.3 Å². The van der Waals surface area contributed by atoms with Gasteiger partial charge in [-0.05, 0) is 19.3 Å². The van der Waals surface area contributed by atoms with E-state index in [-0.39, 0.29) is 48.4 Å². The summed E-state index contributed by atoms with van der Waals surface area (Å²) < 4.78 is 5.06. The number of methoxy groups -OCH3 is 1. The summed E-state index contributed by atoms with van der Waals surface area (Å²) in [6.45, 7) is 2.74. The van der Waals surface area contributed by atoms with Crippen LogP contribution >= 0.6 is 24.0 Å². The summed E-state index contributed by atoms with van der Waals surface area (Å²) in [6, 6.07) is 0.156. The molecule has 8 nitrogen and oxygen atoms in total. The van der Waals surface area contributed by atoms with Gasteiger partial charge in [0, 0.05) is 52.8 Å². The minimum Gasteiger partial charge on any atom is -0.383 e. The molecule has 1 aliphatic carbocycles. The Morgan fingerprint density at radius 3 is 2.56 bits per heavy atom. The van der Waals surface area contributed by atoms with Crippen molar-refractivity contribution >= 4 is 41.8 Å². The van der Waals surface area contributed by atoms with E-state index in [4.69, 9.17) is 4.74 Å². The monoisotopic (exact) mass is 495 g/mol. The highest BCUT2D eigenvalue weighted by molar-refractivity contribution is 14.0. The quantitative estimate of drug-likeness (QED) is 0.235. The topological polar surface area (TPSA) is 86.3 Å². The maximum Gasteiger partial charge on any atom is 0.243 e. The van der Waals surface area contributed by atoms with Gasteiger partial charge in [-0.15, -0.1) is 24.0 Å². The van der Waals surface area contributed by atoms with Gasteiger partial charge in [0.2, 0.25) is 11.8 Å². The van der Waals surface area contributed by atoms with E-state index in [2.05, 4.69) is 15.6 Å². The molecule has 1 saturated heterocycles. The lowest BCUT2D eigenvalue weighted by atomic mass is 10.1.